The zero-order chi connectivity index (χ0) is 31.7. The molecule has 10 heteroatoms. The molecule has 4 amide bonds. The minimum atomic E-state index is -1.31. The number of benzene rings is 2. The summed E-state index contributed by atoms with van der Waals surface area (Å²) in [6.07, 6.45) is 2.62. The van der Waals surface area contributed by atoms with Crippen LogP contribution in [0.25, 0.3) is 0 Å². The summed E-state index contributed by atoms with van der Waals surface area (Å²) in [4.78, 5) is 68.5. The Labute approximate surface area is 259 Å². The molecule has 0 aliphatic carbocycles. The van der Waals surface area contributed by atoms with Gasteiger partial charge in [-0.15, -0.1) is 0 Å². The highest BCUT2D eigenvalue weighted by molar-refractivity contribution is 5.99. The first-order valence-electron chi connectivity index (χ1n) is 15.7. The fraction of sp³-hybridized carbons (Fsp3) is 0.500. The summed E-state index contributed by atoms with van der Waals surface area (Å²) in [6.45, 7) is 3.80. The lowest BCUT2D eigenvalue weighted by molar-refractivity contribution is -0.144. The van der Waals surface area contributed by atoms with Crippen LogP contribution in [0, 0.1) is 0 Å². The van der Waals surface area contributed by atoms with E-state index in [4.69, 9.17) is 0 Å². The normalized spacial score (nSPS) is 25.2. The molecule has 10 nitrogen and oxygen atoms in total. The van der Waals surface area contributed by atoms with Crippen molar-refractivity contribution in [2.24, 2.45) is 0 Å². The van der Waals surface area contributed by atoms with Gasteiger partial charge in [-0.3, -0.25) is 24.0 Å². The first-order chi connectivity index (χ1) is 21.1. The van der Waals surface area contributed by atoms with Gasteiger partial charge in [0.25, 0.3) is 0 Å². The van der Waals surface area contributed by atoms with E-state index in [0.29, 0.717) is 50.6 Å². The van der Waals surface area contributed by atoms with Gasteiger partial charge >= 0.3 is 0 Å². The molecule has 5 atom stereocenters. The molecule has 0 radical (unpaired) electrons. The molecule has 2 heterocycles. The Balaban J connectivity index is 1.44. The third-order valence-corrected chi connectivity index (χ3v) is 8.80. The predicted molar refractivity (Wildman–Crippen MR) is 165 cm³/mol. The highest BCUT2D eigenvalue weighted by atomic mass is 16.3. The first-order valence-corrected chi connectivity index (χ1v) is 15.7. The molecule has 4 rings (SSSR count). The molecule has 2 aliphatic heterocycles. The SMILES string of the molecule is CCC1(C)NC(=O)[C@H](CCCCCC(=O)[C@H](O)c2ccccc2)NC(=O)[C@H]2CCCN2C(=O)[C@H](Cc2ccccc2)NC1=O. The van der Waals surface area contributed by atoms with Crippen molar-refractivity contribution in [3.63, 3.8) is 0 Å². The van der Waals surface area contributed by atoms with E-state index in [1.807, 2.05) is 36.4 Å². The highest BCUT2D eigenvalue weighted by Crippen LogP contribution is 2.23. The molecule has 2 aromatic rings. The van der Waals surface area contributed by atoms with Gasteiger partial charge in [-0.1, -0.05) is 80.4 Å². The number of aliphatic hydroxyl groups is 1. The summed E-state index contributed by atoms with van der Waals surface area (Å²) in [5.74, 6) is -1.90. The van der Waals surface area contributed by atoms with Gasteiger partial charge in [0, 0.05) is 19.4 Å². The summed E-state index contributed by atoms with van der Waals surface area (Å²) in [6, 6.07) is 15.6. The lowest BCUT2D eigenvalue weighted by atomic mass is 9.94. The number of aliphatic hydroxyl groups excluding tert-OH is 1. The summed E-state index contributed by atoms with van der Waals surface area (Å²) < 4.78 is 0. The van der Waals surface area contributed by atoms with Crippen LogP contribution >= 0.6 is 0 Å². The van der Waals surface area contributed by atoms with Gasteiger partial charge in [-0.25, -0.2) is 0 Å². The molecule has 2 saturated heterocycles. The molecule has 0 spiro atoms. The summed E-state index contributed by atoms with van der Waals surface area (Å²) in [7, 11) is 0. The van der Waals surface area contributed by atoms with Crippen molar-refractivity contribution < 1.29 is 29.1 Å². The number of Topliss-reactive ketones (excluding diaryl/α,β-unsaturated/α-hetero) is 1. The van der Waals surface area contributed by atoms with Crippen molar-refractivity contribution in [3.8, 4) is 0 Å². The molecule has 1 unspecified atom stereocenters. The van der Waals surface area contributed by atoms with Crippen molar-refractivity contribution in [3.05, 3.63) is 71.8 Å². The van der Waals surface area contributed by atoms with E-state index in [2.05, 4.69) is 16.0 Å². The van der Waals surface area contributed by atoms with Gasteiger partial charge < -0.3 is 26.0 Å². The zero-order valence-electron chi connectivity index (χ0n) is 25.6. The fourth-order valence-corrected chi connectivity index (χ4v) is 5.85. The van der Waals surface area contributed by atoms with E-state index < -0.39 is 41.6 Å². The molecule has 4 N–H and O–H groups in total. The molecule has 0 saturated carbocycles. The van der Waals surface area contributed by atoms with Gasteiger partial charge in [-0.2, -0.15) is 0 Å². The van der Waals surface area contributed by atoms with Crippen molar-refractivity contribution in [2.75, 3.05) is 6.54 Å². The average molecular weight is 605 g/mol. The standard InChI is InChI=1S/C34H44N4O6/c1-3-34(2)33(44)36-26(22-23-14-7-4-8-15-23)32(43)38-21-13-19-27(38)31(42)35-25(30(41)37-34)18-11-6-12-20-28(39)29(40)24-16-9-5-10-17-24/h4-5,7-10,14-17,25-27,29,40H,3,6,11-13,18-22H2,1-2H3,(H,35,42)(H,36,44)(H,37,41)/t25-,26-,27+,29+,34?/m0/s1. The molecular weight excluding hydrogens is 560 g/mol. The maximum Gasteiger partial charge on any atom is 0.246 e. The van der Waals surface area contributed by atoms with Crippen LogP contribution in [0.3, 0.4) is 0 Å². The number of carbonyl (C=O) groups is 5. The van der Waals surface area contributed by atoms with E-state index in [9.17, 15) is 29.1 Å². The number of hydrogen-bond acceptors (Lipinski definition) is 6. The second-order valence-electron chi connectivity index (χ2n) is 12.0. The molecule has 0 aromatic heterocycles. The van der Waals surface area contributed by atoms with E-state index in [1.165, 1.54) is 4.90 Å². The number of rotatable bonds is 11. The third-order valence-electron chi connectivity index (χ3n) is 8.80. The van der Waals surface area contributed by atoms with E-state index >= 15 is 0 Å². The minimum Gasteiger partial charge on any atom is -0.381 e. The number of hydrogen-bond donors (Lipinski definition) is 4. The van der Waals surface area contributed by atoms with Gasteiger partial charge in [0.05, 0.1) is 0 Å². The van der Waals surface area contributed by atoms with Crippen LogP contribution in [0.5, 0.6) is 0 Å². The average Bonchev–Trinajstić information content (AvgIpc) is 3.53. The number of fused-ring (bicyclic) bond motifs is 1. The predicted octanol–water partition coefficient (Wildman–Crippen LogP) is 2.74. The Morgan fingerprint density at radius 3 is 2.30 bits per heavy atom. The topological polar surface area (TPSA) is 145 Å². The molecule has 2 aliphatic rings. The second-order valence-corrected chi connectivity index (χ2v) is 12.0. The van der Waals surface area contributed by atoms with Gasteiger partial charge in [0.15, 0.2) is 5.78 Å². The Hall–Kier alpha value is -4.05. The number of unbranched alkanes of at least 4 members (excludes halogenated alkanes) is 2. The van der Waals surface area contributed by atoms with E-state index in [0.717, 1.165) is 5.56 Å². The minimum absolute atomic E-state index is 0.191. The summed E-state index contributed by atoms with van der Waals surface area (Å²) in [5, 5.41) is 19.0. The van der Waals surface area contributed by atoms with Crippen LogP contribution < -0.4 is 16.0 Å². The Morgan fingerprint density at radius 1 is 0.932 bits per heavy atom. The maximum absolute atomic E-state index is 13.8. The number of nitrogens with zero attached hydrogens (tertiary/aromatic N) is 1. The van der Waals surface area contributed by atoms with Crippen LogP contribution in [0.2, 0.25) is 0 Å². The van der Waals surface area contributed by atoms with Crippen LogP contribution in [-0.2, 0) is 30.4 Å². The van der Waals surface area contributed by atoms with Crippen molar-refractivity contribution in [1.29, 1.82) is 0 Å². The van der Waals surface area contributed by atoms with Crippen LogP contribution in [0.1, 0.15) is 82.4 Å². The lowest BCUT2D eigenvalue weighted by Gasteiger charge is -2.36. The van der Waals surface area contributed by atoms with Crippen molar-refractivity contribution in [1.82, 2.24) is 20.9 Å². The van der Waals surface area contributed by atoms with Crippen LogP contribution in [0.15, 0.2) is 60.7 Å². The Kier molecular flexibility index (Phi) is 11.3. The molecule has 0 bridgehead atoms. The number of ketones is 1. The third kappa shape index (κ3) is 8.11. The highest BCUT2D eigenvalue weighted by Gasteiger charge is 2.43. The second kappa shape index (κ2) is 15.1. The Morgan fingerprint density at radius 2 is 1.61 bits per heavy atom. The number of nitrogens with one attached hydrogen (secondary N) is 3. The lowest BCUT2D eigenvalue weighted by Crippen LogP contribution is -2.65. The van der Waals surface area contributed by atoms with Gasteiger partial charge in [-0.05, 0) is 50.2 Å². The van der Waals surface area contributed by atoms with Crippen LogP contribution in [-0.4, -0.2) is 69.6 Å². The summed E-state index contributed by atoms with van der Waals surface area (Å²) >= 11 is 0. The van der Waals surface area contributed by atoms with Crippen molar-refractivity contribution >= 4 is 29.4 Å². The van der Waals surface area contributed by atoms with E-state index in [-0.39, 0.29) is 36.9 Å². The largest absolute Gasteiger partial charge is 0.381 e. The molecule has 2 fully saturated rings. The monoisotopic (exact) mass is 604 g/mol. The van der Waals surface area contributed by atoms with E-state index in [1.54, 1.807) is 38.1 Å². The summed E-state index contributed by atoms with van der Waals surface area (Å²) in [5.41, 5.74) is 0.120. The zero-order valence-corrected chi connectivity index (χ0v) is 25.6. The molecular formula is C34H44N4O6. The number of carbonyl (C=O) groups excluding carboxylic acids is 5. The molecule has 236 valence electrons. The van der Waals surface area contributed by atoms with Crippen LogP contribution in [0.4, 0.5) is 0 Å². The fourth-order valence-electron chi connectivity index (χ4n) is 5.85. The smallest absolute Gasteiger partial charge is 0.246 e. The first kappa shape index (κ1) is 32.9. The van der Waals surface area contributed by atoms with Gasteiger partial charge in [0.2, 0.25) is 23.6 Å². The quantitative estimate of drug-likeness (QED) is 0.290. The van der Waals surface area contributed by atoms with Gasteiger partial charge in [0.1, 0.15) is 29.8 Å². The maximum atomic E-state index is 13.8. The molecule has 2 aromatic carbocycles. The molecule has 44 heavy (non-hydrogen) atoms. The number of amides is 4. The van der Waals surface area contributed by atoms with Crippen molar-refractivity contribution in [2.45, 2.75) is 101 Å². The Bertz CT molecular complexity index is 1320.